The van der Waals surface area contributed by atoms with E-state index in [1.807, 2.05) is 0 Å². The molecule has 1 heterocycles. The molecule has 0 aliphatic carbocycles. The van der Waals surface area contributed by atoms with Gasteiger partial charge in [-0.15, -0.1) is 0 Å². The summed E-state index contributed by atoms with van der Waals surface area (Å²) < 4.78 is 77.4. The van der Waals surface area contributed by atoms with Gasteiger partial charge in [-0.05, 0) is 98.1 Å². The van der Waals surface area contributed by atoms with Crippen LogP contribution in [-0.2, 0) is 26.0 Å². The standard InChI is InChI=1S/C35H35F3N4O6S/c36-35(37,38)34(45)42(31(22-24-10-14-27(43)15-11-24)33(44)40-23-25-18-20-39-21-19-25)26-12-16-29(17-13-26)49(46,47)41-30-8-4-5-9-32(30)48-28-6-2-1-3-7-28/h1-17,25,31,39,41,43H,18-23H2,(H,40,44)/t31-/m0/s1. The fourth-order valence-electron chi connectivity index (χ4n) is 5.43. The summed E-state index contributed by atoms with van der Waals surface area (Å²) in [5.74, 6) is -2.41. The van der Waals surface area contributed by atoms with Crippen molar-refractivity contribution in [1.82, 2.24) is 10.6 Å². The summed E-state index contributed by atoms with van der Waals surface area (Å²) in [6.45, 7) is 1.69. The molecule has 4 N–H and O–H groups in total. The Bertz CT molecular complexity index is 1830. The number of phenols is 1. The Balaban J connectivity index is 1.44. The summed E-state index contributed by atoms with van der Waals surface area (Å²) in [6.07, 6.45) is -4.15. The van der Waals surface area contributed by atoms with Crippen molar-refractivity contribution in [3.8, 4) is 17.2 Å². The van der Waals surface area contributed by atoms with E-state index in [0.29, 0.717) is 16.2 Å². The molecule has 1 saturated heterocycles. The number of anilines is 2. The van der Waals surface area contributed by atoms with Crippen LogP contribution in [0.15, 0.2) is 108 Å². The van der Waals surface area contributed by atoms with E-state index >= 15 is 0 Å². The summed E-state index contributed by atoms with van der Waals surface area (Å²) in [5, 5.41) is 15.7. The van der Waals surface area contributed by atoms with Gasteiger partial charge in [0, 0.05) is 18.7 Å². The van der Waals surface area contributed by atoms with Gasteiger partial charge in [-0.1, -0.05) is 42.5 Å². The summed E-state index contributed by atoms with van der Waals surface area (Å²) in [4.78, 5) is 26.7. The first-order valence-electron chi connectivity index (χ1n) is 15.5. The fourth-order valence-corrected chi connectivity index (χ4v) is 6.50. The molecule has 4 aromatic rings. The van der Waals surface area contributed by atoms with Crippen LogP contribution in [0.5, 0.6) is 17.2 Å². The van der Waals surface area contributed by atoms with Gasteiger partial charge in [-0.25, -0.2) is 8.42 Å². The topological polar surface area (TPSA) is 137 Å². The Morgan fingerprint density at radius 2 is 1.53 bits per heavy atom. The van der Waals surface area contributed by atoms with Gasteiger partial charge >= 0.3 is 12.1 Å². The number of hydrogen-bond acceptors (Lipinski definition) is 7. The summed E-state index contributed by atoms with van der Waals surface area (Å²) in [6, 6.07) is 23.1. The number of carbonyl (C=O) groups is 2. The number of phenolic OH excluding ortho intramolecular Hbond substituents is 1. The number of halogens is 3. The van der Waals surface area contributed by atoms with E-state index in [2.05, 4.69) is 15.4 Å². The number of benzene rings is 4. The average molecular weight is 697 g/mol. The number of carbonyl (C=O) groups excluding carboxylic acids is 2. The molecule has 1 fully saturated rings. The first-order valence-corrected chi connectivity index (χ1v) is 17.0. The molecule has 4 aromatic carbocycles. The van der Waals surface area contributed by atoms with Crippen molar-refractivity contribution >= 4 is 33.2 Å². The molecule has 1 aliphatic heterocycles. The second kappa shape index (κ2) is 15.4. The zero-order valence-electron chi connectivity index (χ0n) is 26.2. The van der Waals surface area contributed by atoms with Crippen LogP contribution >= 0.6 is 0 Å². The predicted octanol–water partition coefficient (Wildman–Crippen LogP) is 5.61. The molecule has 0 bridgehead atoms. The normalized spacial score (nSPS) is 14.4. The van der Waals surface area contributed by atoms with Crippen LogP contribution in [0.2, 0.25) is 0 Å². The summed E-state index contributed by atoms with van der Waals surface area (Å²) in [7, 11) is -4.29. The van der Waals surface area contributed by atoms with Crippen LogP contribution in [-0.4, -0.2) is 57.2 Å². The SMILES string of the molecule is O=C(NCC1CCNCC1)[C@H](Cc1ccc(O)cc1)N(C(=O)C(F)(F)F)c1ccc(S(=O)(=O)Nc2ccccc2Oc2ccccc2)cc1. The lowest BCUT2D eigenvalue weighted by Crippen LogP contribution is -2.55. The smallest absolute Gasteiger partial charge is 0.471 e. The highest BCUT2D eigenvalue weighted by molar-refractivity contribution is 7.92. The van der Waals surface area contributed by atoms with Crippen LogP contribution in [0.1, 0.15) is 18.4 Å². The minimum absolute atomic E-state index is 0.0847. The van der Waals surface area contributed by atoms with E-state index in [4.69, 9.17) is 4.74 Å². The minimum Gasteiger partial charge on any atom is -0.508 e. The number of amides is 2. The number of piperidine rings is 1. The highest BCUT2D eigenvalue weighted by Crippen LogP contribution is 2.32. The molecule has 0 aromatic heterocycles. The molecule has 14 heteroatoms. The van der Waals surface area contributed by atoms with E-state index in [0.717, 1.165) is 50.2 Å². The number of ether oxygens (including phenoxy) is 1. The highest BCUT2D eigenvalue weighted by atomic mass is 32.2. The van der Waals surface area contributed by atoms with Crippen molar-refractivity contribution < 1.29 is 41.0 Å². The fraction of sp³-hybridized carbons (Fsp3) is 0.257. The maximum atomic E-state index is 14.1. The number of nitrogens with one attached hydrogen (secondary N) is 3. The molecule has 0 spiro atoms. The maximum Gasteiger partial charge on any atom is 0.471 e. The molecule has 258 valence electrons. The Kier molecular flexibility index (Phi) is 11.1. The lowest BCUT2D eigenvalue weighted by molar-refractivity contribution is -0.171. The number of para-hydroxylation sites is 3. The number of hydrogen-bond donors (Lipinski definition) is 4. The monoisotopic (exact) mass is 696 g/mol. The number of nitrogens with zero attached hydrogens (tertiary/aromatic N) is 1. The van der Waals surface area contributed by atoms with E-state index in [9.17, 15) is 36.3 Å². The molecule has 0 saturated carbocycles. The van der Waals surface area contributed by atoms with Crippen LogP contribution in [0, 0.1) is 5.92 Å². The van der Waals surface area contributed by atoms with Crippen molar-refractivity contribution in [1.29, 1.82) is 0 Å². The molecule has 49 heavy (non-hydrogen) atoms. The Morgan fingerprint density at radius 3 is 2.18 bits per heavy atom. The van der Waals surface area contributed by atoms with E-state index in [1.54, 1.807) is 48.5 Å². The second-order valence-corrected chi connectivity index (χ2v) is 13.2. The minimum atomic E-state index is -5.36. The lowest BCUT2D eigenvalue weighted by atomic mass is 9.97. The van der Waals surface area contributed by atoms with Gasteiger partial charge in [0.15, 0.2) is 5.75 Å². The Morgan fingerprint density at radius 1 is 0.898 bits per heavy atom. The molecule has 1 atom stereocenters. The van der Waals surface area contributed by atoms with Gasteiger partial charge in [-0.3, -0.25) is 19.2 Å². The summed E-state index contributed by atoms with van der Waals surface area (Å²) >= 11 is 0. The molecule has 2 amide bonds. The number of aromatic hydroxyl groups is 1. The molecule has 1 aliphatic rings. The zero-order chi connectivity index (χ0) is 35.0. The Hall–Kier alpha value is -5.08. The molecule has 5 rings (SSSR count). The first kappa shape index (κ1) is 35.2. The highest BCUT2D eigenvalue weighted by Gasteiger charge is 2.47. The van der Waals surface area contributed by atoms with Gasteiger partial charge in [0.2, 0.25) is 5.91 Å². The van der Waals surface area contributed by atoms with Crippen LogP contribution in [0.4, 0.5) is 24.5 Å². The number of alkyl halides is 3. The van der Waals surface area contributed by atoms with Crippen molar-refractivity contribution in [2.45, 2.75) is 36.4 Å². The van der Waals surface area contributed by atoms with Crippen LogP contribution in [0.25, 0.3) is 0 Å². The van der Waals surface area contributed by atoms with Crippen molar-refractivity contribution in [3.05, 3.63) is 109 Å². The largest absolute Gasteiger partial charge is 0.508 e. The third-order valence-corrected chi connectivity index (χ3v) is 9.37. The van der Waals surface area contributed by atoms with E-state index in [1.165, 1.54) is 30.3 Å². The van der Waals surface area contributed by atoms with E-state index in [-0.39, 0.29) is 46.7 Å². The third kappa shape index (κ3) is 9.30. The average Bonchev–Trinajstić information content (AvgIpc) is 3.09. The molecular weight excluding hydrogens is 661 g/mol. The number of rotatable bonds is 12. The Labute approximate surface area is 282 Å². The molecular formula is C35H35F3N4O6S. The summed E-state index contributed by atoms with van der Waals surface area (Å²) in [5.41, 5.74) is 0.165. The quantitative estimate of drug-likeness (QED) is 0.151. The first-order chi connectivity index (χ1) is 23.4. The van der Waals surface area contributed by atoms with Gasteiger partial charge in [0.25, 0.3) is 10.0 Å². The van der Waals surface area contributed by atoms with Gasteiger partial charge in [0.1, 0.15) is 17.5 Å². The molecule has 10 nitrogen and oxygen atoms in total. The zero-order valence-corrected chi connectivity index (χ0v) is 27.0. The van der Waals surface area contributed by atoms with Crippen LogP contribution < -0.4 is 25.0 Å². The lowest BCUT2D eigenvalue weighted by Gasteiger charge is -2.32. The van der Waals surface area contributed by atoms with Crippen molar-refractivity contribution in [2.24, 2.45) is 5.92 Å². The van der Waals surface area contributed by atoms with Gasteiger partial charge in [-0.2, -0.15) is 13.2 Å². The van der Waals surface area contributed by atoms with Crippen LogP contribution in [0.3, 0.4) is 0 Å². The van der Waals surface area contributed by atoms with Gasteiger partial charge < -0.3 is 20.5 Å². The third-order valence-electron chi connectivity index (χ3n) is 7.99. The van der Waals surface area contributed by atoms with Gasteiger partial charge in [0.05, 0.1) is 10.6 Å². The molecule has 0 unspecified atom stereocenters. The number of sulfonamides is 1. The van der Waals surface area contributed by atoms with Crippen molar-refractivity contribution in [2.75, 3.05) is 29.3 Å². The van der Waals surface area contributed by atoms with E-state index < -0.39 is 34.1 Å². The van der Waals surface area contributed by atoms with Crippen molar-refractivity contribution in [3.63, 3.8) is 0 Å². The molecule has 0 radical (unpaired) electrons. The second-order valence-electron chi connectivity index (χ2n) is 11.5. The maximum absolute atomic E-state index is 14.1. The predicted molar refractivity (Wildman–Crippen MR) is 178 cm³/mol.